The lowest BCUT2D eigenvalue weighted by atomic mass is 10.2. The zero-order valence-electron chi connectivity index (χ0n) is 14.6. The topological polar surface area (TPSA) is 73.8 Å². The highest BCUT2D eigenvalue weighted by molar-refractivity contribution is 5.97. The van der Waals surface area contributed by atoms with Crippen LogP contribution in [0.25, 0.3) is 0 Å². The normalized spacial score (nSPS) is 11.8. The minimum atomic E-state index is -0.694. The van der Waals surface area contributed by atoms with Gasteiger partial charge in [-0.1, -0.05) is 30.3 Å². The third kappa shape index (κ3) is 5.46. The highest BCUT2D eigenvalue weighted by atomic mass is 16.2. The molecule has 0 aliphatic rings. The smallest absolute Gasteiger partial charge is 0.262 e. The van der Waals surface area contributed by atoms with E-state index in [-0.39, 0.29) is 11.8 Å². The van der Waals surface area contributed by atoms with Crippen LogP contribution in [-0.2, 0) is 4.79 Å². The van der Waals surface area contributed by atoms with Gasteiger partial charge in [-0.2, -0.15) is 5.10 Å². The number of anilines is 1. The molecular formula is C19H22N4O2. The average molecular weight is 338 g/mol. The van der Waals surface area contributed by atoms with Crippen LogP contribution in [0.2, 0.25) is 0 Å². The van der Waals surface area contributed by atoms with Crippen molar-refractivity contribution >= 4 is 23.7 Å². The second-order valence-corrected chi connectivity index (χ2v) is 5.78. The number of benzene rings is 2. The van der Waals surface area contributed by atoms with Crippen molar-refractivity contribution in [2.24, 2.45) is 5.10 Å². The van der Waals surface area contributed by atoms with Gasteiger partial charge in [0.2, 0.25) is 0 Å². The number of hydrazone groups is 1. The monoisotopic (exact) mass is 338 g/mol. The first-order valence-corrected chi connectivity index (χ1v) is 7.93. The minimum absolute atomic E-state index is 0.300. The molecule has 2 aromatic carbocycles. The number of hydrogen-bond acceptors (Lipinski definition) is 4. The molecule has 1 atom stereocenters. The van der Waals surface area contributed by atoms with E-state index >= 15 is 0 Å². The Kier molecular flexibility index (Phi) is 6.28. The van der Waals surface area contributed by atoms with Crippen molar-refractivity contribution in [2.45, 2.75) is 13.0 Å². The number of hydrogen-bond donors (Lipinski definition) is 2. The summed E-state index contributed by atoms with van der Waals surface area (Å²) in [5.74, 6) is -0.683. The molecular weight excluding hydrogens is 316 g/mol. The van der Waals surface area contributed by atoms with E-state index in [4.69, 9.17) is 0 Å². The molecule has 0 saturated carbocycles. The lowest BCUT2D eigenvalue weighted by Gasteiger charge is -2.12. The lowest BCUT2D eigenvalue weighted by molar-refractivity contribution is -0.122. The molecule has 2 rings (SSSR count). The number of nitrogens with one attached hydrogen (secondary N) is 2. The van der Waals surface area contributed by atoms with Crippen molar-refractivity contribution in [1.82, 2.24) is 10.7 Å². The molecule has 130 valence electrons. The minimum Gasteiger partial charge on any atom is -0.378 e. The van der Waals surface area contributed by atoms with E-state index in [0.29, 0.717) is 5.56 Å². The predicted octanol–water partition coefficient (Wildman–Crippen LogP) is 2.02. The molecule has 0 aromatic heterocycles. The quantitative estimate of drug-likeness (QED) is 0.625. The van der Waals surface area contributed by atoms with Crippen LogP contribution in [0.1, 0.15) is 22.8 Å². The van der Waals surface area contributed by atoms with Crippen molar-refractivity contribution in [3.63, 3.8) is 0 Å². The van der Waals surface area contributed by atoms with E-state index in [9.17, 15) is 9.59 Å². The summed E-state index contributed by atoms with van der Waals surface area (Å²) in [6, 6.07) is 15.8. The van der Waals surface area contributed by atoms with Gasteiger partial charge in [-0.05, 0) is 36.8 Å². The first kappa shape index (κ1) is 18.2. The van der Waals surface area contributed by atoms with Gasteiger partial charge in [-0.15, -0.1) is 0 Å². The van der Waals surface area contributed by atoms with Gasteiger partial charge in [0.1, 0.15) is 6.04 Å². The second kappa shape index (κ2) is 8.63. The van der Waals surface area contributed by atoms with Gasteiger partial charge in [-0.25, -0.2) is 5.43 Å². The van der Waals surface area contributed by atoms with Gasteiger partial charge in [0.05, 0.1) is 6.21 Å². The predicted molar refractivity (Wildman–Crippen MR) is 99.9 cm³/mol. The molecule has 0 aliphatic heterocycles. The molecule has 2 amide bonds. The summed E-state index contributed by atoms with van der Waals surface area (Å²) in [6.45, 7) is 1.61. The van der Waals surface area contributed by atoms with Crippen LogP contribution in [0.5, 0.6) is 0 Å². The third-order valence-corrected chi connectivity index (χ3v) is 3.57. The summed E-state index contributed by atoms with van der Waals surface area (Å²) >= 11 is 0. The number of rotatable bonds is 6. The number of nitrogens with zero attached hydrogens (tertiary/aromatic N) is 2. The van der Waals surface area contributed by atoms with Crippen LogP contribution >= 0.6 is 0 Å². The van der Waals surface area contributed by atoms with Crippen LogP contribution in [0.4, 0.5) is 5.69 Å². The van der Waals surface area contributed by atoms with Crippen molar-refractivity contribution in [3.05, 3.63) is 65.7 Å². The SMILES string of the molecule is CC(NC(=O)c1ccccc1)C(=O)NN=Cc1ccc(N(C)C)cc1. The second-order valence-electron chi connectivity index (χ2n) is 5.78. The van der Waals surface area contributed by atoms with Gasteiger partial charge in [0, 0.05) is 25.3 Å². The van der Waals surface area contributed by atoms with Gasteiger partial charge >= 0.3 is 0 Å². The highest BCUT2D eigenvalue weighted by Crippen LogP contribution is 2.10. The average Bonchev–Trinajstić information content (AvgIpc) is 2.62. The summed E-state index contributed by atoms with van der Waals surface area (Å²) < 4.78 is 0. The van der Waals surface area contributed by atoms with E-state index in [1.807, 2.05) is 49.3 Å². The van der Waals surface area contributed by atoms with Crippen LogP contribution in [0, 0.1) is 0 Å². The Labute approximate surface area is 147 Å². The standard InChI is InChI=1S/C19H22N4O2/c1-14(21-19(25)16-7-5-4-6-8-16)18(24)22-20-13-15-9-11-17(12-10-15)23(2)3/h4-14H,1-3H3,(H,21,25)(H,22,24). The van der Waals surface area contributed by atoms with Gasteiger partial charge in [0.25, 0.3) is 11.8 Å². The van der Waals surface area contributed by atoms with E-state index in [1.165, 1.54) is 0 Å². The molecule has 0 aliphatic carbocycles. The van der Waals surface area contributed by atoms with E-state index in [1.54, 1.807) is 37.4 Å². The Balaban J connectivity index is 1.85. The Morgan fingerprint density at radius 3 is 2.28 bits per heavy atom. The maximum atomic E-state index is 12.0. The van der Waals surface area contributed by atoms with Crippen LogP contribution in [-0.4, -0.2) is 38.2 Å². The Morgan fingerprint density at radius 2 is 1.68 bits per heavy atom. The molecule has 0 fully saturated rings. The highest BCUT2D eigenvalue weighted by Gasteiger charge is 2.15. The molecule has 6 heteroatoms. The zero-order valence-corrected chi connectivity index (χ0v) is 14.6. The van der Waals surface area contributed by atoms with E-state index in [2.05, 4.69) is 15.8 Å². The lowest BCUT2D eigenvalue weighted by Crippen LogP contribution is -2.43. The van der Waals surface area contributed by atoms with Gasteiger partial charge < -0.3 is 10.2 Å². The molecule has 2 N–H and O–H groups in total. The Morgan fingerprint density at radius 1 is 1.04 bits per heavy atom. The maximum absolute atomic E-state index is 12.0. The molecule has 0 spiro atoms. The fourth-order valence-electron chi connectivity index (χ4n) is 2.06. The molecule has 25 heavy (non-hydrogen) atoms. The fraction of sp³-hybridized carbons (Fsp3) is 0.211. The van der Waals surface area contributed by atoms with Crippen molar-refractivity contribution in [3.8, 4) is 0 Å². The molecule has 0 saturated heterocycles. The third-order valence-electron chi connectivity index (χ3n) is 3.57. The fourth-order valence-corrected chi connectivity index (χ4v) is 2.06. The zero-order chi connectivity index (χ0) is 18.2. The summed E-state index contributed by atoms with van der Waals surface area (Å²) in [4.78, 5) is 26.0. The van der Waals surface area contributed by atoms with Gasteiger partial charge in [-0.3, -0.25) is 9.59 Å². The molecule has 0 radical (unpaired) electrons. The summed E-state index contributed by atoms with van der Waals surface area (Å²) in [7, 11) is 3.93. The molecule has 1 unspecified atom stereocenters. The molecule has 6 nitrogen and oxygen atoms in total. The van der Waals surface area contributed by atoms with Crippen LogP contribution in [0.15, 0.2) is 59.7 Å². The Bertz CT molecular complexity index is 740. The van der Waals surface area contributed by atoms with Crippen LogP contribution in [0.3, 0.4) is 0 Å². The van der Waals surface area contributed by atoms with Crippen molar-refractivity contribution in [2.75, 3.05) is 19.0 Å². The van der Waals surface area contributed by atoms with Crippen molar-refractivity contribution in [1.29, 1.82) is 0 Å². The largest absolute Gasteiger partial charge is 0.378 e. The molecule has 2 aromatic rings. The number of amides is 2. The van der Waals surface area contributed by atoms with E-state index in [0.717, 1.165) is 11.3 Å². The molecule has 0 bridgehead atoms. The van der Waals surface area contributed by atoms with E-state index < -0.39 is 6.04 Å². The first-order valence-electron chi connectivity index (χ1n) is 7.93. The first-order chi connectivity index (χ1) is 12.0. The summed E-state index contributed by atoms with van der Waals surface area (Å²) in [6.07, 6.45) is 1.56. The summed E-state index contributed by atoms with van der Waals surface area (Å²) in [5.41, 5.74) is 4.89. The Hall–Kier alpha value is -3.15. The van der Waals surface area contributed by atoms with Crippen molar-refractivity contribution < 1.29 is 9.59 Å². The van der Waals surface area contributed by atoms with Crippen LogP contribution < -0.4 is 15.6 Å². The summed E-state index contributed by atoms with van der Waals surface area (Å²) in [5, 5.41) is 6.56. The molecule has 0 heterocycles. The number of carbonyl (C=O) groups is 2. The van der Waals surface area contributed by atoms with Gasteiger partial charge in [0.15, 0.2) is 0 Å². The maximum Gasteiger partial charge on any atom is 0.262 e. The number of carbonyl (C=O) groups excluding carboxylic acids is 2.